The number of aromatic nitrogens is 2. The highest BCUT2D eigenvalue weighted by atomic mass is 16.4. The smallest absolute Gasteiger partial charge is 0.321 e. The molecule has 1 unspecified atom stereocenters. The molecule has 0 bridgehead atoms. The molecule has 0 amide bonds. The third-order valence-corrected chi connectivity index (χ3v) is 4.67. The van der Waals surface area contributed by atoms with Crippen LogP contribution in [0.1, 0.15) is 16.7 Å². The summed E-state index contributed by atoms with van der Waals surface area (Å²) in [5, 5.41) is 14.0. The Balaban J connectivity index is 1.57. The van der Waals surface area contributed by atoms with E-state index in [4.69, 9.17) is 0 Å². The molecule has 4 rings (SSSR count). The number of nitrogens with zero attached hydrogens (tertiary/aromatic N) is 3. The number of rotatable bonds is 4. The van der Waals surface area contributed by atoms with Crippen molar-refractivity contribution in [1.29, 1.82) is 0 Å². The largest absolute Gasteiger partial charge is 0.480 e. The summed E-state index contributed by atoms with van der Waals surface area (Å²) in [6, 6.07) is 17.5. The second-order valence-electron chi connectivity index (χ2n) is 6.36. The Morgan fingerprint density at radius 1 is 1.08 bits per heavy atom. The molecule has 0 fully saturated rings. The van der Waals surface area contributed by atoms with Crippen molar-refractivity contribution >= 4 is 5.97 Å². The van der Waals surface area contributed by atoms with Crippen molar-refractivity contribution in [2.45, 2.75) is 25.6 Å². The van der Waals surface area contributed by atoms with Crippen molar-refractivity contribution in [2.75, 3.05) is 0 Å². The maximum atomic E-state index is 11.7. The fourth-order valence-corrected chi connectivity index (χ4v) is 3.39. The number of carbonyl (C=O) groups is 1. The zero-order chi connectivity index (χ0) is 17.2. The van der Waals surface area contributed by atoms with Crippen LogP contribution in [0.5, 0.6) is 0 Å². The maximum absolute atomic E-state index is 11.7. The van der Waals surface area contributed by atoms with E-state index in [2.05, 4.69) is 11.2 Å². The zero-order valence-electron chi connectivity index (χ0n) is 13.7. The van der Waals surface area contributed by atoms with Gasteiger partial charge in [0.25, 0.3) is 0 Å². The predicted octanol–water partition coefficient (Wildman–Crippen LogP) is 2.88. The summed E-state index contributed by atoms with van der Waals surface area (Å²) in [5.41, 5.74) is 4.34. The number of hydrogen-bond acceptors (Lipinski definition) is 3. The van der Waals surface area contributed by atoms with Gasteiger partial charge in [-0.3, -0.25) is 9.69 Å². The first kappa shape index (κ1) is 15.6. The molecule has 0 aliphatic carbocycles. The minimum Gasteiger partial charge on any atom is -0.480 e. The van der Waals surface area contributed by atoms with Crippen LogP contribution >= 0.6 is 0 Å². The lowest BCUT2D eigenvalue weighted by Crippen LogP contribution is -2.44. The van der Waals surface area contributed by atoms with E-state index in [1.807, 2.05) is 70.5 Å². The van der Waals surface area contributed by atoms with E-state index in [1.54, 1.807) is 0 Å². The highest BCUT2D eigenvalue weighted by Crippen LogP contribution is 2.25. The van der Waals surface area contributed by atoms with Gasteiger partial charge in [0.05, 0.1) is 11.9 Å². The fraction of sp³-hybridized carbons (Fsp3) is 0.200. The maximum Gasteiger partial charge on any atom is 0.321 e. The van der Waals surface area contributed by atoms with Gasteiger partial charge in [0, 0.05) is 24.8 Å². The number of benzene rings is 2. The van der Waals surface area contributed by atoms with Crippen LogP contribution in [-0.2, 0) is 24.3 Å². The molecule has 1 N–H and O–H groups in total. The Hall–Kier alpha value is -2.92. The average molecular weight is 333 g/mol. The molecule has 0 spiro atoms. The van der Waals surface area contributed by atoms with Crippen molar-refractivity contribution in [3.8, 4) is 5.69 Å². The molecule has 1 atom stereocenters. The molecule has 1 aromatic heterocycles. The van der Waals surface area contributed by atoms with Crippen molar-refractivity contribution < 1.29 is 9.90 Å². The summed E-state index contributed by atoms with van der Waals surface area (Å²) >= 11 is 0. The molecule has 5 nitrogen and oxygen atoms in total. The summed E-state index contributed by atoms with van der Waals surface area (Å²) in [6.07, 6.45) is 4.32. The predicted molar refractivity (Wildman–Crippen MR) is 94.4 cm³/mol. The molecule has 3 aromatic rings. The highest BCUT2D eigenvalue weighted by Gasteiger charge is 2.31. The molecule has 25 heavy (non-hydrogen) atoms. The first-order valence-corrected chi connectivity index (χ1v) is 8.33. The topological polar surface area (TPSA) is 58.4 Å². The van der Waals surface area contributed by atoms with Crippen molar-refractivity contribution in [3.63, 3.8) is 0 Å². The van der Waals surface area contributed by atoms with Gasteiger partial charge in [0.2, 0.25) is 0 Å². The van der Waals surface area contributed by atoms with Crippen LogP contribution in [0.4, 0.5) is 0 Å². The first-order chi connectivity index (χ1) is 12.2. The van der Waals surface area contributed by atoms with E-state index in [1.165, 1.54) is 5.56 Å². The molecular weight excluding hydrogens is 314 g/mol. The molecule has 0 radical (unpaired) electrons. The summed E-state index contributed by atoms with van der Waals surface area (Å²) in [5.74, 6) is -0.773. The molecule has 0 saturated heterocycles. The normalized spacial score (nSPS) is 17.2. The lowest BCUT2D eigenvalue weighted by Gasteiger charge is -2.34. The SMILES string of the molecule is O=C(O)C1Cc2ccccc2CN1Cc1cnn(-c2ccccc2)c1. The van der Waals surface area contributed by atoms with E-state index in [9.17, 15) is 9.90 Å². The van der Waals surface area contributed by atoms with Gasteiger partial charge in [-0.25, -0.2) is 4.68 Å². The van der Waals surface area contributed by atoms with Gasteiger partial charge in [0.15, 0.2) is 0 Å². The summed E-state index contributed by atoms with van der Waals surface area (Å²) in [6.45, 7) is 1.21. The van der Waals surface area contributed by atoms with Crippen LogP contribution in [0.2, 0.25) is 0 Å². The fourth-order valence-electron chi connectivity index (χ4n) is 3.39. The standard InChI is InChI=1S/C20H19N3O2/c24-20(25)19-10-16-6-4-5-7-17(16)14-22(19)12-15-11-21-23(13-15)18-8-2-1-3-9-18/h1-9,11,13,19H,10,12,14H2,(H,24,25). The lowest BCUT2D eigenvalue weighted by atomic mass is 9.94. The van der Waals surface area contributed by atoms with Gasteiger partial charge < -0.3 is 5.11 Å². The van der Waals surface area contributed by atoms with Crippen molar-refractivity contribution in [1.82, 2.24) is 14.7 Å². The molecular formula is C20H19N3O2. The van der Waals surface area contributed by atoms with E-state index in [-0.39, 0.29) is 0 Å². The van der Waals surface area contributed by atoms with Gasteiger partial charge in [-0.15, -0.1) is 0 Å². The van der Waals surface area contributed by atoms with Crippen molar-refractivity contribution in [2.24, 2.45) is 0 Å². The number of carboxylic acids is 1. The molecule has 2 aromatic carbocycles. The van der Waals surface area contributed by atoms with Gasteiger partial charge in [-0.2, -0.15) is 5.10 Å². The number of aliphatic carboxylic acids is 1. The van der Waals surface area contributed by atoms with Crippen LogP contribution in [0.3, 0.4) is 0 Å². The van der Waals surface area contributed by atoms with Gasteiger partial charge in [-0.05, 0) is 29.7 Å². The van der Waals surface area contributed by atoms with E-state index in [0.717, 1.165) is 16.8 Å². The summed E-state index contributed by atoms with van der Waals surface area (Å²) in [4.78, 5) is 13.7. The Kier molecular flexibility index (Phi) is 4.07. The molecule has 5 heteroatoms. The summed E-state index contributed by atoms with van der Waals surface area (Å²) in [7, 11) is 0. The molecule has 2 heterocycles. The molecule has 0 saturated carbocycles. The van der Waals surface area contributed by atoms with Gasteiger partial charge >= 0.3 is 5.97 Å². The number of hydrogen-bond donors (Lipinski definition) is 1. The average Bonchev–Trinajstić information content (AvgIpc) is 3.10. The highest BCUT2D eigenvalue weighted by molar-refractivity contribution is 5.74. The minimum atomic E-state index is -0.773. The third kappa shape index (κ3) is 3.19. The molecule has 1 aliphatic rings. The van der Waals surface area contributed by atoms with E-state index >= 15 is 0 Å². The third-order valence-electron chi connectivity index (χ3n) is 4.67. The Morgan fingerprint density at radius 2 is 1.80 bits per heavy atom. The monoisotopic (exact) mass is 333 g/mol. The van der Waals surface area contributed by atoms with Crippen molar-refractivity contribution in [3.05, 3.63) is 83.7 Å². The molecule has 1 aliphatic heterocycles. The van der Waals surface area contributed by atoms with Crippen LogP contribution in [0, 0.1) is 0 Å². The van der Waals surface area contributed by atoms with Crippen LogP contribution in [0.25, 0.3) is 5.69 Å². The number of para-hydroxylation sites is 1. The number of carboxylic acid groups (broad SMARTS) is 1. The Labute approximate surface area is 146 Å². The van der Waals surface area contributed by atoms with Gasteiger partial charge in [0.1, 0.15) is 6.04 Å². The van der Waals surface area contributed by atoms with E-state index < -0.39 is 12.0 Å². The molecule has 126 valence electrons. The Morgan fingerprint density at radius 3 is 2.56 bits per heavy atom. The second-order valence-corrected chi connectivity index (χ2v) is 6.36. The van der Waals surface area contributed by atoms with Crippen LogP contribution in [-0.4, -0.2) is 31.8 Å². The zero-order valence-corrected chi connectivity index (χ0v) is 13.7. The Bertz CT molecular complexity index is 889. The summed E-state index contributed by atoms with van der Waals surface area (Å²) < 4.78 is 1.82. The van der Waals surface area contributed by atoms with Crippen LogP contribution in [0.15, 0.2) is 67.0 Å². The quantitative estimate of drug-likeness (QED) is 0.798. The first-order valence-electron chi connectivity index (χ1n) is 8.33. The van der Waals surface area contributed by atoms with Crippen LogP contribution < -0.4 is 0 Å². The van der Waals surface area contributed by atoms with E-state index in [0.29, 0.717) is 19.5 Å². The lowest BCUT2D eigenvalue weighted by molar-refractivity contribution is -0.144. The second kappa shape index (κ2) is 6.53. The van der Waals surface area contributed by atoms with Gasteiger partial charge in [-0.1, -0.05) is 42.5 Å². The number of fused-ring (bicyclic) bond motifs is 1. The minimum absolute atomic E-state index is 0.505.